The monoisotopic (exact) mass is 282 g/mol. The average molecular weight is 283 g/mol. The SMILES string of the molecule is CC(NC1=N[C@@H](C(C)C)CS1)c1ccccc1Cl. The van der Waals surface area contributed by atoms with Gasteiger partial charge in [-0.15, -0.1) is 0 Å². The van der Waals surface area contributed by atoms with Gasteiger partial charge in [-0.3, -0.25) is 4.99 Å². The standard InChI is InChI=1S/C14H19ClN2S/c1-9(2)13-8-18-14(17-13)16-10(3)11-6-4-5-7-12(11)15/h4-7,9-10,13H,8H2,1-3H3,(H,16,17)/t10?,13-/m1/s1. The Hall–Kier alpha value is -0.670. The molecule has 98 valence electrons. The molecule has 2 rings (SSSR count). The van der Waals surface area contributed by atoms with Crippen LogP contribution in [0.4, 0.5) is 0 Å². The summed E-state index contributed by atoms with van der Waals surface area (Å²) in [5.74, 6) is 1.68. The van der Waals surface area contributed by atoms with Gasteiger partial charge in [0.1, 0.15) is 0 Å². The molecule has 1 aliphatic heterocycles. The smallest absolute Gasteiger partial charge is 0.157 e. The van der Waals surface area contributed by atoms with Crippen LogP contribution in [0.2, 0.25) is 5.02 Å². The second kappa shape index (κ2) is 5.98. The molecule has 18 heavy (non-hydrogen) atoms. The Balaban J connectivity index is 2.03. The zero-order valence-corrected chi connectivity index (χ0v) is 12.6. The summed E-state index contributed by atoms with van der Waals surface area (Å²) in [5, 5.41) is 5.30. The molecule has 2 atom stereocenters. The van der Waals surface area contributed by atoms with E-state index in [1.807, 2.05) is 18.2 Å². The highest BCUT2D eigenvalue weighted by atomic mass is 35.5. The molecule has 0 spiro atoms. The topological polar surface area (TPSA) is 24.4 Å². The van der Waals surface area contributed by atoms with Crippen molar-refractivity contribution >= 4 is 28.5 Å². The molecule has 0 bridgehead atoms. The number of thioether (sulfide) groups is 1. The normalized spacial score (nSPS) is 20.9. The Morgan fingerprint density at radius 1 is 1.33 bits per heavy atom. The lowest BCUT2D eigenvalue weighted by Crippen LogP contribution is -2.23. The van der Waals surface area contributed by atoms with E-state index in [1.165, 1.54) is 0 Å². The highest BCUT2D eigenvalue weighted by Crippen LogP contribution is 2.26. The third kappa shape index (κ3) is 3.21. The van der Waals surface area contributed by atoms with Gasteiger partial charge in [0, 0.05) is 10.8 Å². The van der Waals surface area contributed by atoms with E-state index in [0.29, 0.717) is 12.0 Å². The molecule has 1 unspecified atom stereocenters. The van der Waals surface area contributed by atoms with E-state index in [4.69, 9.17) is 16.6 Å². The van der Waals surface area contributed by atoms with Gasteiger partial charge in [0.15, 0.2) is 5.17 Å². The lowest BCUT2D eigenvalue weighted by Gasteiger charge is -2.16. The van der Waals surface area contributed by atoms with Crippen LogP contribution >= 0.6 is 23.4 Å². The Kier molecular flexibility index (Phi) is 4.57. The van der Waals surface area contributed by atoms with Crippen LogP contribution in [0.1, 0.15) is 32.4 Å². The summed E-state index contributed by atoms with van der Waals surface area (Å²) in [6, 6.07) is 8.58. The predicted molar refractivity (Wildman–Crippen MR) is 81.5 cm³/mol. The lowest BCUT2D eigenvalue weighted by atomic mass is 10.1. The second-order valence-corrected chi connectivity index (χ2v) is 6.36. The maximum absolute atomic E-state index is 6.20. The molecule has 0 saturated heterocycles. The number of rotatable bonds is 3. The molecule has 0 fully saturated rings. The van der Waals surface area contributed by atoms with Gasteiger partial charge in [-0.1, -0.05) is 55.4 Å². The third-order valence-electron chi connectivity index (χ3n) is 3.16. The first-order valence-corrected chi connectivity index (χ1v) is 7.66. The molecule has 1 aliphatic rings. The maximum Gasteiger partial charge on any atom is 0.157 e. The highest BCUT2D eigenvalue weighted by molar-refractivity contribution is 8.14. The van der Waals surface area contributed by atoms with Crippen LogP contribution < -0.4 is 5.32 Å². The van der Waals surface area contributed by atoms with Crippen molar-refractivity contribution in [2.24, 2.45) is 10.9 Å². The summed E-state index contributed by atoms with van der Waals surface area (Å²) in [6.07, 6.45) is 0. The van der Waals surface area contributed by atoms with Gasteiger partial charge in [0.05, 0.1) is 12.1 Å². The molecule has 1 N–H and O–H groups in total. The number of amidine groups is 1. The van der Waals surface area contributed by atoms with Crippen LogP contribution in [-0.4, -0.2) is 17.0 Å². The minimum absolute atomic E-state index is 0.191. The molecular weight excluding hydrogens is 264 g/mol. The van der Waals surface area contributed by atoms with Crippen LogP contribution in [-0.2, 0) is 0 Å². The fourth-order valence-electron chi connectivity index (χ4n) is 1.90. The largest absolute Gasteiger partial charge is 0.358 e. The fraction of sp³-hybridized carbons (Fsp3) is 0.500. The van der Waals surface area contributed by atoms with Gasteiger partial charge in [-0.25, -0.2) is 0 Å². The van der Waals surface area contributed by atoms with Crippen molar-refractivity contribution < 1.29 is 0 Å². The molecule has 1 heterocycles. The number of aliphatic imine (C=N–C) groups is 1. The van der Waals surface area contributed by atoms with E-state index in [-0.39, 0.29) is 6.04 Å². The van der Waals surface area contributed by atoms with E-state index in [1.54, 1.807) is 11.8 Å². The van der Waals surface area contributed by atoms with Gasteiger partial charge in [0.2, 0.25) is 0 Å². The Bertz CT molecular complexity index is 445. The number of hydrogen-bond donors (Lipinski definition) is 1. The van der Waals surface area contributed by atoms with Crippen molar-refractivity contribution in [1.29, 1.82) is 0 Å². The van der Waals surface area contributed by atoms with E-state index in [2.05, 4.69) is 32.2 Å². The average Bonchev–Trinajstić information content (AvgIpc) is 2.78. The summed E-state index contributed by atoms with van der Waals surface area (Å²) in [6.45, 7) is 6.55. The number of hydrogen-bond acceptors (Lipinski definition) is 3. The predicted octanol–water partition coefficient (Wildman–Crippen LogP) is 4.12. The van der Waals surface area contributed by atoms with Crippen molar-refractivity contribution in [3.05, 3.63) is 34.9 Å². The number of benzene rings is 1. The summed E-state index contributed by atoms with van der Waals surface area (Å²) in [7, 11) is 0. The number of nitrogens with one attached hydrogen (secondary N) is 1. The van der Waals surface area contributed by atoms with Gasteiger partial charge in [0.25, 0.3) is 0 Å². The first-order valence-electron chi connectivity index (χ1n) is 6.29. The minimum Gasteiger partial charge on any atom is -0.358 e. The fourth-order valence-corrected chi connectivity index (χ4v) is 3.46. The second-order valence-electron chi connectivity index (χ2n) is 4.94. The first-order chi connectivity index (χ1) is 8.58. The van der Waals surface area contributed by atoms with E-state index >= 15 is 0 Å². The van der Waals surface area contributed by atoms with Crippen LogP contribution in [0.5, 0.6) is 0 Å². The molecule has 0 aromatic heterocycles. The van der Waals surface area contributed by atoms with Gasteiger partial charge in [-0.2, -0.15) is 0 Å². The summed E-state index contributed by atoms with van der Waals surface area (Å²) in [5.41, 5.74) is 1.12. The van der Waals surface area contributed by atoms with Gasteiger partial charge < -0.3 is 5.32 Å². The van der Waals surface area contributed by atoms with Crippen molar-refractivity contribution in [3.63, 3.8) is 0 Å². The van der Waals surface area contributed by atoms with Crippen molar-refractivity contribution in [3.8, 4) is 0 Å². The lowest BCUT2D eigenvalue weighted by molar-refractivity contribution is 0.541. The van der Waals surface area contributed by atoms with Crippen LogP contribution in [0.15, 0.2) is 29.3 Å². The Labute approximate surface area is 118 Å². The molecule has 0 radical (unpaired) electrons. The molecule has 1 aromatic rings. The van der Waals surface area contributed by atoms with Crippen LogP contribution in [0, 0.1) is 5.92 Å². The molecule has 4 heteroatoms. The van der Waals surface area contributed by atoms with E-state index in [9.17, 15) is 0 Å². The number of nitrogens with zero attached hydrogens (tertiary/aromatic N) is 1. The van der Waals surface area contributed by atoms with Crippen molar-refractivity contribution in [2.45, 2.75) is 32.9 Å². The molecule has 2 nitrogen and oxygen atoms in total. The summed E-state index contributed by atoms with van der Waals surface area (Å²) >= 11 is 8.00. The highest BCUT2D eigenvalue weighted by Gasteiger charge is 2.22. The first kappa shape index (κ1) is 13.8. The summed E-state index contributed by atoms with van der Waals surface area (Å²) < 4.78 is 0. The maximum atomic E-state index is 6.20. The Morgan fingerprint density at radius 3 is 2.67 bits per heavy atom. The minimum atomic E-state index is 0.191. The van der Waals surface area contributed by atoms with E-state index < -0.39 is 0 Å². The summed E-state index contributed by atoms with van der Waals surface area (Å²) in [4.78, 5) is 4.71. The molecule has 0 amide bonds. The van der Waals surface area contributed by atoms with Crippen LogP contribution in [0.3, 0.4) is 0 Å². The molecule has 0 aliphatic carbocycles. The van der Waals surface area contributed by atoms with E-state index in [0.717, 1.165) is 21.5 Å². The Morgan fingerprint density at radius 2 is 2.06 bits per heavy atom. The zero-order chi connectivity index (χ0) is 13.1. The quantitative estimate of drug-likeness (QED) is 0.902. The van der Waals surface area contributed by atoms with Gasteiger partial charge >= 0.3 is 0 Å². The van der Waals surface area contributed by atoms with Crippen LogP contribution in [0.25, 0.3) is 0 Å². The van der Waals surface area contributed by atoms with Crippen molar-refractivity contribution in [1.82, 2.24) is 5.32 Å². The van der Waals surface area contributed by atoms with Gasteiger partial charge in [-0.05, 0) is 24.5 Å². The molecular formula is C14H19ClN2S. The van der Waals surface area contributed by atoms with Crippen molar-refractivity contribution in [2.75, 3.05) is 5.75 Å². The molecule has 0 saturated carbocycles. The third-order valence-corrected chi connectivity index (χ3v) is 4.50. The number of halogens is 1. The molecule has 1 aromatic carbocycles. The zero-order valence-electron chi connectivity index (χ0n) is 11.0.